The molecule has 1 aromatic heterocycles. The van der Waals surface area contributed by atoms with Gasteiger partial charge >= 0.3 is 11.9 Å². The zero-order chi connectivity index (χ0) is 21.1. The molecule has 1 aliphatic rings. The van der Waals surface area contributed by atoms with Crippen LogP contribution in [-0.4, -0.2) is 46.2 Å². The van der Waals surface area contributed by atoms with E-state index in [1.165, 1.54) is 11.8 Å². The molecule has 0 radical (unpaired) electrons. The Kier molecular flexibility index (Phi) is 6.16. The van der Waals surface area contributed by atoms with Crippen molar-refractivity contribution in [3.05, 3.63) is 46.7 Å². The summed E-state index contributed by atoms with van der Waals surface area (Å²) in [4.78, 5) is 28.3. The summed E-state index contributed by atoms with van der Waals surface area (Å²) in [6.07, 6.45) is 0. The van der Waals surface area contributed by atoms with Crippen molar-refractivity contribution >= 4 is 29.6 Å². The van der Waals surface area contributed by atoms with Gasteiger partial charge in [-0.3, -0.25) is 4.79 Å². The number of carbonyl (C=O) groups is 2. The Morgan fingerprint density at radius 2 is 1.97 bits per heavy atom. The topological polar surface area (TPSA) is 95.3 Å². The van der Waals surface area contributed by atoms with Gasteiger partial charge in [-0.1, -0.05) is 11.8 Å². The van der Waals surface area contributed by atoms with Crippen LogP contribution in [0.4, 0.5) is 14.7 Å². The minimum absolute atomic E-state index is 0.0175. The number of ether oxygens (including phenoxy) is 2. The molecule has 11 heteroatoms. The minimum Gasteiger partial charge on any atom is -0.468 e. The third kappa shape index (κ3) is 4.39. The van der Waals surface area contributed by atoms with E-state index in [0.29, 0.717) is 5.70 Å². The maximum absolute atomic E-state index is 13.9. The molecule has 2 heterocycles. The van der Waals surface area contributed by atoms with E-state index < -0.39 is 29.6 Å². The van der Waals surface area contributed by atoms with Crippen molar-refractivity contribution in [3.8, 4) is 0 Å². The van der Waals surface area contributed by atoms with Crippen LogP contribution >= 0.6 is 11.8 Å². The minimum atomic E-state index is -0.963. The van der Waals surface area contributed by atoms with Crippen molar-refractivity contribution < 1.29 is 27.8 Å². The second-order valence-corrected chi connectivity index (χ2v) is 6.96. The highest BCUT2D eigenvalue weighted by Gasteiger charge is 2.35. The number of halogens is 2. The van der Waals surface area contributed by atoms with Gasteiger partial charge in [0.2, 0.25) is 11.1 Å². The summed E-state index contributed by atoms with van der Waals surface area (Å²) >= 11 is 1.03. The normalized spacial score (nSPS) is 15.6. The molecule has 1 N–H and O–H groups in total. The number of thioether (sulfide) groups is 1. The highest BCUT2D eigenvalue weighted by Crippen LogP contribution is 2.37. The number of allylic oxidation sites excluding steroid dienone is 1. The lowest BCUT2D eigenvalue weighted by atomic mass is 9.95. The largest absolute Gasteiger partial charge is 0.468 e. The molecule has 1 aromatic carbocycles. The molecular formula is C18H18F2N4O4S. The number of fused-ring (bicyclic) bond motifs is 1. The summed E-state index contributed by atoms with van der Waals surface area (Å²) < 4.78 is 38.9. The quantitative estimate of drug-likeness (QED) is 0.559. The fraction of sp³-hybridized carbons (Fsp3) is 0.333. The van der Waals surface area contributed by atoms with Crippen molar-refractivity contribution in [1.29, 1.82) is 0 Å². The molecule has 0 saturated carbocycles. The van der Waals surface area contributed by atoms with Crippen LogP contribution in [0.5, 0.6) is 0 Å². The molecular weight excluding hydrogens is 406 g/mol. The van der Waals surface area contributed by atoms with Crippen LogP contribution in [0.15, 0.2) is 34.6 Å². The Balaban J connectivity index is 2.08. The third-order valence-corrected chi connectivity index (χ3v) is 4.89. The molecule has 0 aliphatic carbocycles. The number of nitrogens with zero attached hydrogens (tertiary/aromatic N) is 3. The summed E-state index contributed by atoms with van der Waals surface area (Å²) in [6, 6.07) is 2.03. The fourth-order valence-electron chi connectivity index (χ4n) is 2.89. The zero-order valence-corrected chi connectivity index (χ0v) is 16.7. The Hall–Kier alpha value is -2.95. The van der Waals surface area contributed by atoms with Crippen molar-refractivity contribution in [3.63, 3.8) is 0 Å². The standard InChI is InChI=1S/C18H18F2N4O4S/c1-4-28-16(26)14-9(2)21-17-22-18(29-8-13(25)27-3)23-24(17)15(14)10-5-11(19)7-12(20)6-10/h5-7,15H,4,8H2,1-3H3,(H,21,22,23)/t15-/m0/s1. The Morgan fingerprint density at radius 1 is 1.28 bits per heavy atom. The van der Waals surface area contributed by atoms with Crippen molar-refractivity contribution in [2.45, 2.75) is 25.0 Å². The van der Waals surface area contributed by atoms with Gasteiger partial charge in [0.15, 0.2) is 0 Å². The number of esters is 2. The predicted molar refractivity (Wildman–Crippen MR) is 100 cm³/mol. The van der Waals surface area contributed by atoms with Crippen molar-refractivity contribution in [1.82, 2.24) is 14.8 Å². The number of rotatable bonds is 6. The average molecular weight is 424 g/mol. The fourth-order valence-corrected chi connectivity index (χ4v) is 3.55. The highest BCUT2D eigenvalue weighted by atomic mass is 32.2. The van der Waals surface area contributed by atoms with Gasteiger partial charge < -0.3 is 14.8 Å². The molecule has 1 aliphatic heterocycles. The van der Waals surface area contributed by atoms with Gasteiger partial charge in [0.25, 0.3) is 0 Å². The first-order valence-electron chi connectivity index (χ1n) is 8.61. The number of carbonyl (C=O) groups excluding carboxylic acids is 2. The third-order valence-electron chi connectivity index (χ3n) is 4.08. The first-order chi connectivity index (χ1) is 13.8. The number of hydrogen-bond donors (Lipinski definition) is 1. The summed E-state index contributed by atoms with van der Waals surface area (Å²) in [6.45, 7) is 3.42. The van der Waals surface area contributed by atoms with E-state index in [0.717, 1.165) is 30.0 Å². The molecule has 0 bridgehead atoms. The van der Waals surface area contributed by atoms with Gasteiger partial charge in [0.05, 0.1) is 25.0 Å². The smallest absolute Gasteiger partial charge is 0.338 e. The number of anilines is 1. The van der Waals surface area contributed by atoms with Crippen LogP contribution in [0.2, 0.25) is 0 Å². The lowest BCUT2D eigenvalue weighted by molar-refractivity contribution is -0.139. The summed E-state index contributed by atoms with van der Waals surface area (Å²) in [5.41, 5.74) is 0.739. The first kappa shape index (κ1) is 20.8. The second kappa shape index (κ2) is 8.60. The molecule has 29 heavy (non-hydrogen) atoms. The number of methoxy groups -OCH3 is 1. The Morgan fingerprint density at radius 3 is 2.59 bits per heavy atom. The molecule has 8 nitrogen and oxygen atoms in total. The molecule has 0 unspecified atom stereocenters. The van der Waals surface area contributed by atoms with E-state index >= 15 is 0 Å². The first-order valence-corrected chi connectivity index (χ1v) is 9.59. The van der Waals surface area contributed by atoms with E-state index in [9.17, 15) is 18.4 Å². The molecule has 3 rings (SSSR count). The molecule has 0 saturated heterocycles. The lowest BCUT2D eigenvalue weighted by Gasteiger charge is -2.28. The predicted octanol–water partition coefficient (Wildman–Crippen LogP) is 2.67. The molecule has 0 spiro atoms. The highest BCUT2D eigenvalue weighted by molar-refractivity contribution is 7.99. The van der Waals surface area contributed by atoms with Crippen LogP contribution in [0.25, 0.3) is 0 Å². The SMILES string of the molecule is CCOC(=O)C1=C(C)Nc2nc(SCC(=O)OC)nn2[C@H]1c1cc(F)cc(F)c1. The van der Waals surface area contributed by atoms with Crippen LogP contribution in [-0.2, 0) is 19.1 Å². The second-order valence-electron chi connectivity index (χ2n) is 6.02. The van der Waals surface area contributed by atoms with E-state index in [2.05, 4.69) is 20.1 Å². The van der Waals surface area contributed by atoms with Gasteiger partial charge in [-0.15, -0.1) is 5.10 Å². The number of hydrogen-bond acceptors (Lipinski definition) is 8. The van der Waals surface area contributed by atoms with Crippen LogP contribution in [0.1, 0.15) is 25.5 Å². The Bertz CT molecular complexity index is 972. The Labute approximate surface area is 169 Å². The van der Waals surface area contributed by atoms with Gasteiger partial charge in [-0.2, -0.15) is 4.98 Å². The van der Waals surface area contributed by atoms with Crippen LogP contribution in [0.3, 0.4) is 0 Å². The van der Waals surface area contributed by atoms with E-state index in [1.54, 1.807) is 13.8 Å². The van der Waals surface area contributed by atoms with Gasteiger partial charge in [0.1, 0.15) is 17.7 Å². The van der Waals surface area contributed by atoms with Gasteiger partial charge in [-0.25, -0.2) is 18.3 Å². The number of nitrogens with one attached hydrogen (secondary N) is 1. The van der Waals surface area contributed by atoms with Gasteiger partial charge in [0, 0.05) is 11.8 Å². The summed E-state index contributed by atoms with van der Waals surface area (Å²) in [7, 11) is 1.27. The zero-order valence-electron chi connectivity index (χ0n) is 15.9. The molecule has 154 valence electrons. The maximum atomic E-state index is 13.9. The monoisotopic (exact) mass is 424 g/mol. The van der Waals surface area contributed by atoms with E-state index in [1.807, 2.05) is 0 Å². The summed E-state index contributed by atoms with van der Waals surface area (Å²) in [5, 5.41) is 7.50. The van der Waals surface area contributed by atoms with Gasteiger partial charge in [-0.05, 0) is 31.5 Å². The number of benzene rings is 1. The van der Waals surface area contributed by atoms with Crippen molar-refractivity contribution in [2.24, 2.45) is 0 Å². The van der Waals surface area contributed by atoms with E-state index in [-0.39, 0.29) is 34.6 Å². The lowest BCUT2D eigenvalue weighted by Crippen LogP contribution is -2.29. The van der Waals surface area contributed by atoms with E-state index in [4.69, 9.17) is 4.74 Å². The molecule has 1 atom stereocenters. The van der Waals surface area contributed by atoms with Crippen LogP contribution < -0.4 is 5.32 Å². The molecule has 2 aromatic rings. The maximum Gasteiger partial charge on any atom is 0.338 e. The number of aromatic nitrogens is 3. The summed E-state index contributed by atoms with van der Waals surface area (Å²) in [5.74, 6) is -2.44. The molecule has 0 amide bonds. The van der Waals surface area contributed by atoms with Crippen molar-refractivity contribution in [2.75, 3.05) is 24.8 Å². The average Bonchev–Trinajstić information content (AvgIpc) is 3.06. The molecule has 0 fully saturated rings. The van der Waals surface area contributed by atoms with Crippen LogP contribution in [0, 0.1) is 11.6 Å².